The van der Waals surface area contributed by atoms with Crippen molar-refractivity contribution in [1.82, 2.24) is 0 Å². The van der Waals surface area contributed by atoms with Gasteiger partial charge < -0.3 is 14.8 Å². The quantitative estimate of drug-likeness (QED) is 0.418. The fourth-order valence-electron chi connectivity index (χ4n) is 2.16. The third kappa shape index (κ3) is 5.50. The van der Waals surface area contributed by atoms with Crippen LogP contribution in [0.25, 0.3) is 0 Å². The van der Waals surface area contributed by atoms with Crippen LogP contribution in [0.5, 0.6) is 5.75 Å². The van der Waals surface area contributed by atoms with Gasteiger partial charge >= 0.3 is 11.7 Å². The summed E-state index contributed by atoms with van der Waals surface area (Å²) >= 11 is 0. The first kappa shape index (κ1) is 20.8. The number of anilines is 1. The van der Waals surface area contributed by atoms with Crippen molar-refractivity contribution >= 4 is 23.3 Å². The highest BCUT2D eigenvalue weighted by Crippen LogP contribution is 2.22. The molecule has 148 valence electrons. The molecule has 28 heavy (non-hydrogen) atoms. The van der Waals surface area contributed by atoms with Gasteiger partial charge in [0.15, 0.2) is 6.10 Å². The van der Waals surface area contributed by atoms with E-state index >= 15 is 0 Å². The molecule has 1 atom stereocenters. The summed E-state index contributed by atoms with van der Waals surface area (Å²) in [5, 5.41) is 13.1. The maximum atomic E-state index is 13.3. The summed E-state index contributed by atoms with van der Waals surface area (Å²) in [4.78, 5) is 34.1. The summed E-state index contributed by atoms with van der Waals surface area (Å²) in [5.41, 5.74) is -0.521. The number of nitro groups is 1. The Bertz CT molecular complexity index is 869. The van der Waals surface area contributed by atoms with Crippen LogP contribution in [0.15, 0.2) is 42.5 Å². The average Bonchev–Trinajstić information content (AvgIpc) is 2.67. The Morgan fingerprint density at radius 2 is 1.89 bits per heavy atom. The number of halogens is 1. The van der Waals surface area contributed by atoms with Crippen molar-refractivity contribution in [2.24, 2.45) is 0 Å². The van der Waals surface area contributed by atoms with E-state index in [1.54, 1.807) is 12.1 Å². The molecule has 0 aliphatic carbocycles. The fraction of sp³-hybridized carbons (Fsp3) is 0.263. The van der Waals surface area contributed by atoms with E-state index in [9.17, 15) is 24.1 Å². The van der Waals surface area contributed by atoms with E-state index < -0.39 is 34.4 Å². The summed E-state index contributed by atoms with van der Waals surface area (Å²) in [6.45, 7) is 3.88. The highest BCUT2D eigenvalue weighted by atomic mass is 19.1. The highest BCUT2D eigenvalue weighted by Gasteiger charge is 2.21. The largest absolute Gasteiger partial charge is 0.494 e. The van der Waals surface area contributed by atoms with Crippen LogP contribution in [-0.2, 0) is 9.53 Å². The summed E-state index contributed by atoms with van der Waals surface area (Å²) < 4.78 is 23.9. The van der Waals surface area contributed by atoms with E-state index in [0.717, 1.165) is 18.6 Å². The number of rotatable bonds is 8. The second-order valence-electron chi connectivity index (χ2n) is 5.83. The van der Waals surface area contributed by atoms with Gasteiger partial charge in [0.25, 0.3) is 5.91 Å². The minimum Gasteiger partial charge on any atom is -0.494 e. The molecule has 0 fully saturated rings. The van der Waals surface area contributed by atoms with Crippen molar-refractivity contribution < 1.29 is 28.4 Å². The number of amides is 1. The molecule has 2 rings (SSSR count). The van der Waals surface area contributed by atoms with Crippen molar-refractivity contribution in [2.45, 2.75) is 26.4 Å². The Labute approximate surface area is 160 Å². The van der Waals surface area contributed by atoms with Crippen LogP contribution in [-0.4, -0.2) is 29.5 Å². The molecule has 9 heteroatoms. The molecule has 1 amide bonds. The molecule has 0 radical (unpaired) electrons. The molecule has 2 aromatic rings. The molecule has 0 aliphatic heterocycles. The van der Waals surface area contributed by atoms with Crippen LogP contribution >= 0.6 is 0 Å². The maximum Gasteiger partial charge on any atom is 0.338 e. The summed E-state index contributed by atoms with van der Waals surface area (Å²) in [6, 6.07) is 9.19. The third-order valence-electron chi connectivity index (χ3n) is 3.63. The van der Waals surface area contributed by atoms with Crippen molar-refractivity contribution in [3.05, 3.63) is 64.0 Å². The van der Waals surface area contributed by atoms with Crippen LogP contribution in [0.3, 0.4) is 0 Å². The number of esters is 1. The second-order valence-corrected chi connectivity index (χ2v) is 5.83. The molecular formula is C19H19FN2O6. The number of nitrogens with zero attached hydrogens (tertiary/aromatic N) is 1. The number of hydrogen-bond acceptors (Lipinski definition) is 6. The van der Waals surface area contributed by atoms with Gasteiger partial charge in [0, 0.05) is 11.8 Å². The van der Waals surface area contributed by atoms with Gasteiger partial charge in [-0.2, -0.15) is 4.39 Å². The normalized spacial score (nSPS) is 11.4. The van der Waals surface area contributed by atoms with Gasteiger partial charge in [-0.25, -0.2) is 4.79 Å². The van der Waals surface area contributed by atoms with Gasteiger partial charge in [0.05, 0.1) is 17.1 Å². The monoisotopic (exact) mass is 390 g/mol. The van der Waals surface area contributed by atoms with E-state index in [2.05, 4.69) is 5.32 Å². The zero-order valence-corrected chi connectivity index (χ0v) is 15.3. The van der Waals surface area contributed by atoms with Gasteiger partial charge in [-0.1, -0.05) is 6.92 Å². The van der Waals surface area contributed by atoms with Crippen molar-refractivity contribution in [3.63, 3.8) is 0 Å². The lowest BCUT2D eigenvalue weighted by molar-refractivity contribution is -0.387. The standard InChI is InChI=1S/C19H19FN2O6/c1-3-10-27-15-7-4-13(5-8-15)19(24)28-12(2)18(23)21-14-6-9-16(20)17(11-14)22(25)26/h4-9,11-12H,3,10H2,1-2H3,(H,21,23)/t12-/m1/s1. The zero-order valence-electron chi connectivity index (χ0n) is 15.3. The smallest absolute Gasteiger partial charge is 0.338 e. The number of carbonyl (C=O) groups excluding carboxylic acids is 2. The molecule has 0 bridgehead atoms. The van der Waals surface area contributed by atoms with Crippen LogP contribution in [0.1, 0.15) is 30.6 Å². The molecule has 0 heterocycles. The van der Waals surface area contributed by atoms with Gasteiger partial charge in [-0.15, -0.1) is 0 Å². The first-order valence-electron chi connectivity index (χ1n) is 8.50. The summed E-state index contributed by atoms with van der Waals surface area (Å²) in [6.07, 6.45) is -0.319. The molecule has 0 spiro atoms. The lowest BCUT2D eigenvalue weighted by atomic mass is 10.2. The van der Waals surface area contributed by atoms with E-state index in [0.29, 0.717) is 12.4 Å². The van der Waals surface area contributed by atoms with Crippen LogP contribution < -0.4 is 10.1 Å². The molecule has 0 saturated heterocycles. The topological polar surface area (TPSA) is 108 Å². The summed E-state index contributed by atoms with van der Waals surface area (Å²) in [7, 11) is 0. The molecule has 0 unspecified atom stereocenters. The van der Waals surface area contributed by atoms with Crippen molar-refractivity contribution in [1.29, 1.82) is 0 Å². The molecular weight excluding hydrogens is 371 g/mol. The van der Waals surface area contributed by atoms with Gasteiger partial charge in [0.2, 0.25) is 5.82 Å². The average molecular weight is 390 g/mol. The second kappa shape index (κ2) is 9.45. The minimum absolute atomic E-state index is 0.0124. The van der Waals surface area contributed by atoms with Gasteiger partial charge in [0.1, 0.15) is 5.75 Å². The number of nitrogens with one attached hydrogen (secondary N) is 1. The van der Waals surface area contributed by atoms with Crippen LogP contribution in [0.4, 0.5) is 15.8 Å². The van der Waals surface area contributed by atoms with E-state index in [1.165, 1.54) is 25.1 Å². The predicted molar refractivity (Wildman–Crippen MR) is 98.8 cm³/mol. The van der Waals surface area contributed by atoms with Crippen molar-refractivity contribution in [3.8, 4) is 5.75 Å². The molecule has 8 nitrogen and oxygen atoms in total. The first-order chi connectivity index (χ1) is 13.3. The van der Waals surface area contributed by atoms with E-state index in [1.807, 2.05) is 6.92 Å². The van der Waals surface area contributed by atoms with E-state index in [4.69, 9.17) is 9.47 Å². The Hall–Kier alpha value is -3.49. The van der Waals surface area contributed by atoms with Crippen molar-refractivity contribution in [2.75, 3.05) is 11.9 Å². The Morgan fingerprint density at radius 1 is 1.21 bits per heavy atom. The Morgan fingerprint density at radius 3 is 2.50 bits per heavy atom. The van der Waals surface area contributed by atoms with Crippen LogP contribution in [0.2, 0.25) is 0 Å². The molecule has 2 aromatic carbocycles. The predicted octanol–water partition coefficient (Wildman–Crippen LogP) is 3.71. The SMILES string of the molecule is CCCOc1ccc(C(=O)O[C@H](C)C(=O)Nc2ccc(F)c([N+](=O)[O-])c2)cc1. The lowest BCUT2D eigenvalue weighted by Gasteiger charge is -2.14. The van der Waals surface area contributed by atoms with Gasteiger partial charge in [-0.3, -0.25) is 14.9 Å². The summed E-state index contributed by atoms with van der Waals surface area (Å²) in [5.74, 6) is -1.83. The Balaban J connectivity index is 1.97. The Kier molecular flexibility index (Phi) is 7.02. The maximum absolute atomic E-state index is 13.3. The number of hydrogen-bond donors (Lipinski definition) is 1. The zero-order chi connectivity index (χ0) is 20.7. The molecule has 0 saturated carbocycles. The molecule has 0 aromatic heterocycles. The molecule has 1 N–H and O–H groups in total. The fourth-order valence-corrected chi connectivity index (χ4v) is 2.16. The molecule has 0 aliphatic rings. The van der Waals surface area contributed by atoms with E-state index in [-0.39, 0.29) is 11.3 Å². The lowest BCUT2D eigenvalue weighted by Crippen LogP contribution is -2.30. The first-order valence-corrected chi connectivity index (χ1v) is 8.50. The number of nitro benzene ring substituents is 1. The van der Waals surface area contributed by atoms with Crippen LogP contribution in [0, 0.1) is 15.9 Å². The number of ether oxygens (including phenoxy) is 2. The van der Waals surface area contributed by atoms with Gasteiger partial charge in [-0.05, 0) is 49.7 Å². The third-order valence-corrected chi connectivity index (χ3v) is 3.63. The number of benzene rings is 2. The number of carbonyl (C=O) groups is 2. The minimum atomic E-state index is -1.17. The highest BCUT2D eigenvalue weighted by molar-refractivity contribution is 5.97.